The van der Waals surface area contributed by atoms with E-state index in [9.17, 15) is 9.59 Å². The van der Waals surface area contributed by atoms with Crippen molar-refractivity contribution in [1.82, 2.24) is 4.57 Å². The number of Topliss-reactive ketones (excluding diaryl/α,β-unsaturated/α-hetero) is 1. The summed E-state index contributed by atoms with van der Waals surface area (Å²) in [4.78, 5) is 28.7. The lowest BCUT2D eigenvalue weighted by molar-refractivity contribution is 0.0761. The highest BCUT2D eigenvalue weighted by Gasteiger charge is 2.45. The van der Waals surface area contributed by atoms with Gasteiger partial charge in [0.2, 0.25) is 5.91 Å². The standard InChI is InChI=1S/C34H25NO4/c1-34(26-12-6-4-10-24(26)28-19-22-9-3-7-13-27(22)35(28)33(34)37)20-29(36)31-25-11-5-8-14-30(25)39-32(31)21-15-17-23(38-2)18-16-21/h3-19H,20H2,1-2H3. The number of aromatic nitrogens is 1. The molecule has 6 aromatic rings. The molecule has 39 heavy (non-hydrogen) atoms. The molecule has 7 rings (SSSR count). The SMILES string of the molecule is COc1ccc(-c2oc3ccccc3c2C(=O)CC2(C)C(=O)n3c(cc4ccccc43)-c3ccccc32)cc1. The fourth-order valence-corrected chi connectivity index (χ4v) is 5.97. The molecule has 0 saturated carbocycles. The zero-order chi connectivity index (χ0) is 26.7. The molecule has 5 nitrogen and oxygen atoms in total. The molecule has 190 valence electrons. The highest BCUT2D eigenvalue weighted by Crippen LogP contribution is 2.46. The highest BCUT2D eigenvalue weighted by atomic mass is 16.5. The molecule has 0 amide bonds. The number of benzene rings is 4. The van der Waals surface area contributed by atoms with Gasteiger partial charge in [-0.25, -0.2) is 0 Å². The summed E-state index contributed by atoms with van der Waals surface area (Å²) in [5.74, 6) is 0.964. The van der Waals surface area contributed by atoms with Crippen molar-refractivity contribution in [3.63, 3.8) is 0 Å². The zero-order valence-electron chi connectivity index (χ0n) is 21.6. The van der Waals surface area contributed by atoms with Gasteiger partial charge in [0, 0.05) is 28.3 Å². The van der Waals surface area contributed by atoms with Crippen LogP contribution in [-0.2, 0) is 5.41 Å². The molecule has 0 radical (unpaired) electrons. The summed E-state index contributed by atoms with van der Waals surface area (Å²) < 4.78 is 13.3. The number of hydrogen-bond donors (Lipinski definition) is 0. The van der Waals surface area contributed by atoms with Crippen molar-refractivity contribution in [3.8, 4) is 28.3 Å². The second-order valence-electron chi connectivity index (χ2n) is 10.2. The van der Waals surface area contributed by atoms with Crippen molar-refractivity contribution in [1.29, 1.82) is 0 Å². The predicted octanol–water partition coefficient (Wildman–Crippen LogP) is 7.91. The number of ketones is 1. The fraction of sp³-hybridized carbons (Fsp3) is 0.118. The molecule has 0 saturated heterocycles. The molecule has 2 aromatic heterocycles. The van der Waals surface area contributed by atoms with Gasteiger partial charge in [0.25, 0.3) is 0 Å². The number of nitrogens with zero attached hydrogens (tertiary/aromatic N) is 1. The van der Waals surface area contributed by atoms with E-state index in [4.69, 9.17) is 9.15 Å². The van der Waals surface area contributed by atoms with Gasteiger partial charge >= 0.3 is 0 Å². The molecule has 0 fully saturated rings. The van der Waals surface area contributed by atoms with Crippen LogP contribution in [0.3, 0.4) is 0 Å². The molecule has 4 aromatic carbocycles. The summed E-state index contributed by atoms with van der Waals surface area (Å²) in [6.07, 6.45) is 0.00146. The third kappa shape index (κ3) is 3.40. The largest absolute Gasteiger partial charge is 0.497 e. The summed E-state index contributed by atoms with van der Waals surface area (Å²) in [5, 5.41) is 1.73. The van der Waals surface area contributed by atoms with Crippen LogP contribution in [0.1, 0.15) is 34.1 Å². The molecule has 0 N–H and O–H groups in total. The van der Waals surface area contributed by atoms with Crippen LogP contribution in [0.4, 0.5) is 0 Å². The first-order valence-electron chi connectivity index (χ1n) is 12.9. The molecule has 5 heteroatoms. The summed E-state index contributed by atoms with van der Waals surface area (Å²) >= 11 is 0. The Bertz CT molecular complexity index is 1920. The van der Waals surface area contributed by atoms with E-state index in [2.05, 4.69) is 6.07 Å². The Labute approximate surface area is 225 Å². The maximum atomic E-state index is 14.3. The smallest absolute Gasteiger partial charge is 0.242 e. The Morgan fingerprint density at radius 3 is 2.44 bits per heavy atom. The number of fused-ring (bicyclic) bond motifs is 6. The average Bonchev–Trinajstić information content (AvgIpc) is 3.56. The molecule has 3 heterocycles. The van der Waals surface area contributed by atoms with Crippen LogP contribution in [0.2, 0.25) is 0 Å². The summed E-state index contributed by atoms with van der Waals surface area (Å²) in [7, 11) is 1.62. The van der Waals surface area contributed by atoms with E-state index in [0.29, 0.717) is 16.9 Å². The molecule has 1 atom stereocenters. The van der Waals surface area contributed by atoms with Crippen LogP contribution in [0.5, 0.6) is 5.75 Å². The minimum Gasteiger partial charge on any atom is -0.497 e. The molecular weight excluding hydrogens is 486 g/mol. The molecule has 1 unspecified atom stereocenters. The van der Waals surface area contributed by atoms with Crippen molar-refractivity contribution in [2.24, 2.45) is 0 Å². The van der Waals surface area contributed by atoms with Crippen molar-refractivity contribution in [3.05, 3.63) is 114 Å². The normalized spacial score (nSPS) is 16.3. The number of furan rings is 1. The second-order valence-corrected chi connectivity index (χ2v) is 10.2. The van der Waals surface area contributed by atoms with Crippen molar-refractivity contribution < 1.29 is 18.7 Å². The van der Waals surface area contributed by atoms with Gasteiger partial charge in [-0.2, -0.15) is 0 Å². The van der Waals surface area contributed by atoms with Gasteiger partial charge in [0.1, 0.15) is 17.1 Å². The maximum absolute atomic E-state index is 14.3. The summed E-state index contributed by atoms with van der Waals surface area (Å²) in [6.45, 7) is 1.89. The second kappa shape index (κ2) is 8.57. The van der Waals surface area contributed by atoms with Gasteiger partial charge in [-0.3, -0.25) is 14.2 Å². The van der Waals surface area contributed by atoms with Gasteiger partial charge in [0.15, 0.2) is 5.78 Å². The number of methoxy groups -OCH3 is 1. The highest BCUT2D eigenvalue weighted by molar-refractivity contribution is 6.15. The van der Waals surface area contributed by atoms with Crippen LogP contribution in [0.15, 0.2) is 108 Å². The number of para-hydroxylation sites is 2. The Balaban J connectivity index is 1.39. The van der Waals surface area contributed by atoms with Crippen LogP contribution >= 0.6 is 0 Å². The lowest BCUT2D eigenvalue weighted by atomic mass is 9.72. The van der Waals surface area contributed by atoms with Crippen molar-refractivity contribution in [2.45, 2.75) is 18.8 Å². The lowest BCUT2D eigenvalue weighted by Gasteiger charge is -2.35. The molecule has 1 aliphatic heterocycles. The van der Waals surface area contributed by atoms with Gasteiger partial charge < -0.3 is 9.15 Å². The Morgan fingerprint density at radius 2 is 1.62 bits per heavy atom. The third-order valence-electron chi connectivity index (χ3n) is 7.92. The molecule has 1 aliphatic rings. The summed E-state index contributed by atoms with van der Waals surface area (Å²) in [5.41, 5.74) is 4.35. The quantitative estimate of drug-likeness (QED) is 0.221. The van der Waals surface area contributed by atoms with Gasteiger partial charge in [0.05, 0.1) is 29.3 Å². The minimum absolute atomic E-state index is 0.00146. The number of ether oxygens (including phenoxy) is 1. The van der Waals surface area contributed by atoms with E-state index in [1.165, 1.54) is 0 Å². The van der Waals surface area contributed by atoms with Crippen LogP contribution < -0.4 is 4.74 Å². The monoisotopic (exact) mass is 511 g/mol. The number of carbonyl (C=O) groups excluding carboxylic acids is 2. The Morgan fingerprint density at radius 1 is 0.897 bits per heavy atom. The minimum atomic E-state index is -1.07. The average molecular weight is 512 g/mol. The molecule has 0 spiro atoms. The maximum Gasteiger partial charge on any atom is 0.242 e. The Kier molecular flexibility index (Phi) is 5.10. The topological polar surface area (TPSA) is 61.4 Å². The van der Waals surface area contributed by atoms with E-state index >= 15 is 0 Å². The van der Waals surface area contributed by atoms with E-state index in [0.717, 1.165) is 44.4 Å². The third-order valence-corrected chi connectivity index (χ3v) is 7.92. The van der Waals surface area contributed by atoms with Gasteiger partial charge in [-0.1, -0.05) is 60.7 Å². The van der Waals surface area contributed by atoms with Crippen molar-refractivity contribution >= 4 is 33.6 Å². The Hall–Kier alpha value is -4.90. The first-order chi connectivity index (χ1) is 19.0. The first-order valence-corrected chi connectivity index (χ1v) is 12.9. The zero-order valence-corrected chi connectivity index (χ0v) is 21.6. The first kappa shape index (κ1) is 23.2. The molecular formula is C34H25NO4. The fourth-order valence-electron chi connectivity index (χ4n) is 5.97. The number of carbonyl (C=O) groups is 2. The van der Waals surface area contributed by atoms with Crippen molar-refractivity contribution in [2.75, 3.05) is 7.11 Å². The van der Waals surface area contributed by atoms with E-state index in [1.807, 2.05) is 104 Å². The van der Waals surface area contributed by atoms with Crippen LogP contribution in [0, 0.1) is 0 Å². The van der Waals surface area contributed by atoms with Gasteiger partial charge in [-0.05, 0) is 55.0 Å². The van der Waals surface area contributed by atoms with E-state index in [-0.39, 0.29) is 18.1 Å². The van der Waals surface area contributed by atoms with E-state index < -0.39 is 5.41 Å². The number of hydrogen-bond acceptors (Lipinski definition) is 4. The predicted molar refractivity (Wildman–Crippen MR) is 153 cm³/mol. The van der Waals surface area contributed by atoms with E-state index in [1.54, 1.807) is 11.7 Å². The molecule has 0 bridgehead atoms. The lowest BCUT2D eigenvalue weighted by Crippen LogP contribution is -2.42. The number of rotatable bonds is 5. The van der Waals surface area contributed by atoms with Crippen LogP contribution in [-0.4, -0.2) is 23.4 Å². The molecule has 0 aliphatic carbocycles. The summed E-state index contributed by atoms with van der Waals surface area (Å²) in [6, 6.07) is 32.8. The van der Waals surface area contributed by atoms with Gasteiger partial charge in [-0.15, -0.1) is 0 Å². The van der Waals surface area contributed by atoms with Crippen LogP contribution in [0.25, 0.3) is 44.5 Å².